The van der Waals surface area contributed by atoms with Crippen molar-refractivity contribution >= 4 is 29.9 Å². The molecule has 5 heteroatoms. The predicted molar refractivity (Wildman–Crippen MR) is 97.6 cm³/mol. The van der Waals surface area contributed by atoms with Crippen molar-refractivity contribution in [1.29, 1.82) is 0 Å². The molecule has 0 bridgehead atoms. The molecule has 1 rings (SSSR count). The van der Waals surface area contributed by atoms with Crippen LogP contribution in [0, 0.1) is 0 Å². The van der Waals surface area contributed by atoms with E-state index >= 15 is 0 Å². The topological polar surface area (TPSA) is 39.7 Å². The van der Waals surface area contributed by atoms with Gasteiger partial charge in [-0.1, -0.05) is 30.3 Å². The minimum Gasteiger partial charge on any atom is -0.353 e. The first-order chi connectivity index (χ1) is 9.15. The van der Waals surface area contributed by atoms with E-state index in [-0.39, 0.29) is 24.0 Å². The maximum absolute atomic E-state index is 4.14. The van der Waals surface area contributed by atoms with Gasteiger partial charge in [0.05, 0.1) is 0 Å². The molecular weight excluding hydrogens is 363 g/mol. The zero-order valence-electron chi connectivity index (χ0n) is 12.5. The monoisotopic (exact) mass is 388 g/mol. The summed E-state index contributed by atoms with van der Waals surface area (Å²) in [5, 5.41) is 6.40. The van der Waals surface area contributed by atoms with Crippen LogP contribution >= 0.6 is 24.0 Å². The zero-order chi connectivity index (χ0) is 14.1. The molecule has 0 fully saturated rings. The Hall–Kier alpha value is -1.08. The summed E-state index contributed by atoms with van der Waals surface area (Å²) in [6.07, 6.45) is 1.81. The lowest BCUT2D eigenvalue weighted by atomic mass is 10.1. The fourth-order valence-electron chi connectivity index (χ4n) is 1.70. The fourth-order valence-corrected chi connectivity index (χ4v) is 1.70. The van der Waals surface area contributed by atoms with Crippen molar-refractivity contribution in [1.82, 2.24) is 15.5 Å². The smallest absolute Gasteiger partial charge is 0.191 e. The van der Waals surface area contributed by atoms with Gasteiger partial charge in [0.2, 0.25) is 0 Å². The molecule has 20 heavy (non-hydrogen) atoms. The van der Waals surface area contributed by atoms with Crippen LogP contribution in [0.5, 0.6) is 0 Å². The van der Waals surface area contributed by atoms with Gasteiger partial charge in [-0.25, -0.2) is 0 Å². The number of aliphatic imine (C=N–C) groups is 1. The van der Waals surface area contributed by atoms with Gasteiger partial charge in [-0.05, 0) is 25.2 Å². The van der Waals surface area contributed by atoms with Crippen molar-refractivity contribution in [2.75, 3.05) is 27.7 Å². The average molecular weight is 388 g/mol. The Balaban J connectivity index is 0.00000361. The Morgan fingerprint density at radius 1 is 1.20 bits per heavy atom. The van der Waals surface area contributed by atoms with Crippen molar-refractivity contribution in [3.05, 3.63) is 48.0 Å². The Morgan fingerprint density at radius 2 is 1.80 bits per heavy atom. The predicted octanol–water partition coefficient (Wildman–Crippen LogP) is 2.22. The highest BCUT2D eigenvalue weighted by molar-refractivity contribution is 14.0. The molecule has 0 atom stereocenters. The minimum atomic E-state index is 0. The van der Waals surface area contributed by atoms with Gasteiger partial charge >= 0.3 is 0 Å². The number of nitrogens with one attached hydrogen (secondary N) is 2. The zero-order valence-corrected chi connectivity index (χ0v) is 14.8. The Labute approximate surface area is 139 Å². The summed E-state index contributed by atoms with van der Waals surface area (Å²) in [5.74, 6) is 0.789. The van der Waals surface area contributed by atoms with E-state index in [1.807, 2.05) is 6.08 Å². The van der Waals surface area contributed by atoms with Gasteiger partial charge in [-0.3, -0.25) is 4.99 Å². The maximum Gasteiger partial charge on any atom is 0.191 e. The van der Waals surface area contributed by atoms with Crippen molar-refractivity contribution in [3.63, 3.8) is 0 Å². The first-order valence-corrected chi connectivity index (χ1v) is 6.43. The van der Waals surface area contributed by atoms with E-state index in [4.69, 9.17) is 0 Å². The van der Waals surface area contributed by atoms with Crippen LogP contribution in [0.25, 0.3) is 0 Å². The molecule has 0 aliphatic rings. The van der Waals surface area contributed by atoms with Crippen molar-refractivity contribution in [2.45, 2.75) is 13.1 Å². The summed E-state index contributed by atoms with van der Waals surface area (Å²) in [4.78, 5) is 6.30. The largest absolute Gasteiger partial charge is 0.353 e. The third kappa shape index (κ3) is 7.49. The lowest BCUT2D eigenvalue weighted by Crippen LogP contribution is -2.36. The second kappa shape index (κ2) is 10.7. The highest BCUT2D eigenvalue weighted by atomic mass is 127. The molecule has 0 saturated carbocycles. The summed E-state index contributed by atoms with van der Waals surface area (Å²) in [7, 11) is 5.91. The second-order valence-corrected chi connectivity index (χ2v) is 4.65. The first-order valence-electron chi connectivity index (χ1n) is 6.43. The summed E-state index contributed by atoms with van der Waals surface area (Å²) in [6.45, 7) is 6.11. The Bertz CT molecular complexity index is 412. The molecule has 4 nitrogen and oxygen atoms in total. The lowest BCUT2D eigenvalue weighted by Gasteiger charge is -2.12. The van der Waals surface area contributed by atoms with E-state index in [9.17, 15) is 0 Å². The van der Waals surface area contributed by atoms with Gasteiger partial charge in [0, 0.05) is 26.7 Å². The normalized spacial score (nSPS) is 10.9. The van der Waals surface area contributed by atoms with E-state index < -0.39 is 0 Å². The van der Waals surface area contributed by atoms with Crippen molar-refractivity contribution < 1.29 is 0 Å². The number of nitrogens with zero attached hydrogens (tertiary/aromatic N) is 2. The summed E-state index contributed by atoms with van der Waals surface area (Å²) < 4.78 is 0. The Morgan fingerprint density at radius 3 is 2.30 bits per heavy atom. The Kier molecular flexibility index (Phi) is 10.1. The molecule has 0 aliphatic heterocycles. The van der Waals surface area contributed by atoms with E-state index in [0.29, 0.717) is 6.54 Å². The standard InChI is InChI=1S/C15H24N4.HI/c1-5-10-17-15(16-2)18-11-13-6-8-14(9-7-13)12-19(3)4;/h5-9H,1,10-12H2,2-4H3,(H2,16,17,18);1H. The minimum absolute atomic E-state index is 0. The van der Waals surface area contributed by atoms with Crippen molar-refractivity contribution in [2.24, 2.45) is 4.99 Å². The third-order valence-corrected chi connectivity index (χ3v) is 2.62. The number of guanidine groups is 1. The van der Waals surface area contributed by atoms with Gasteiger partial charge in [0.15, 0.2) is 5.96 Å². The van der Waals surface area contributed by atoms with E-state index in [2.05, 4.69) is 65.5 Å². The second-order valence-electron chi connectivity index (χ2n) is 4.65. The van der Waals surface area contributed by atoms with Crippen LogP contribution < -0.4 is 10.6 Å². The molecule has 0 spiro atoms. The van der Waals surface area contributed by atoms with Crippen LogP contribution in [0.4, 0.5) is 0 Å². The maximum atomic E-state index is 4.14. The molecule has 0 heterocycles. The van der Waals surface area contributed by atoms with Crippen molar-refractivity contribution in [3.8, 4) is 0 Å². The highest BCUT2D eigenvalue weighted by Gasteiger charge is 1.98. The average Bonchev–Trinajstić information content (AvgIpc) is 2.40. The van der Waals surface area contributed by atoms with E-state index in [1.165, 1.54) is 11.1 Å². The fraction of sp³-hybridized carbons (Fsp3) is 0.400. The third-order valence-electron chi connectivity index (χ3n) is 2.62. The molecule has 1 aromatic carbocycles. The lowest BCUT2D eigenvalue weighted by molar-refractivity contribution is 0.402. The number of halogens is 1. The molecular formula is C15H25IN4. The first kappa shape index (κ1) is 18.9. The quantitative estimate of drug-likeness (QED) is 0.340. The van der Waals surface area contributed by atoms with E-state index in [0.717, 1.165) is 19.0 Å². The van der Waals surface area contributed by atoms with Gasteiger partial charge in [-0.2, -0.15) is 0 Å². The van der Waals surface area contributed by atoms with Crippen LogP contribution in [0.1, 0.15) is 11.1 Å². The molecule has 0 aliphatic carbocycles. The number of benzene rings is 1. The number of hydrogen-bond donors (Lipinski definition) is 2. The van der Waals surface area contributed by atoms with Gasteiger partial charge in [0.1, 0.15) is 0 Å². The van der Waals surface area contributed by atoms with Gasteiger partial charge in [0.25, 0.3) is 0 Å². The SMILES string of the molecule is C=CCNC(=NC)NCc1ccc(CN(C)C)cc1.I. The summed E-state index contributed by atoms with van der Waals surface area (Å²) >= 11 is 0. The summed E-state index contributed by atoms with van der Waals surface area (Å²) in [5.41, 5.74) is 2.56. The van der Waals surface area contributed by atoms with Crippen LogP contribution in [0.15, 0.2) is 41.9 Å². The highest BCUT2D eigenvalue weighted by Crippen LogP contribution is 2.05. The van der Waals surface area contributed by atoms with Gasteiger partial charge < -0.3 is 15.5 Å². The number of hydrogen-bond acceptors (Lipinski definition) is 2. The molecule has 1 aromatic rings. The molecule has 0 radical (unpaired) electrons. The molecule has 2 N–H and O–H groups in total. The molecule has 0 unspecified atom stereocenters. The van der Waals surface area contributed by atoms with Crippen LogP contribution in [-0.2, 0) is 13.1 Å². The molecule has 0 aromatic heterocycles. The molecule has 0 amide bonds. The number of rotatable bonds is 6. The van der Waals surface area contributed by atoms with Crippen LogP contribution in [-0.4, -0.2) is 38.5 Å². The summed E-state index contributed by atoms with van der Waals surface area (Å²) in [6, 6.07) is 8.62. The van der Waals surface area contributed by atoms with Gasteiger partial charge in [-0.15, -0.1) is 30.6 Å². The van der Waals surface area contributed by atoms with Crippen LogP contribution in [0.3, 0.4) is 0 Å². The molecule has 112 valence electrons. The van der Waals surface area contributed by atoms with Crippen LogP contribution in [0.2, 0.25) is 0 Å². The van der Waals surface area contributed by atoms with E-state index in [1.54, 1.807) is 7.05 Å². The molecule has 0 saturated heterocycles.